The molecule has 1 aromatic carbocycles. The highest BCUT2D eigenvalue weighted by molar-refractivity contribution is 5.98. The summed E-state index contributed by atoms with van der Waals surface area (Å²) in [6.07, 6.45) is 0. The maximum absolute atomic E-state index is 12.1. The Bertz CT molecular complexity index is 515. The molecule has 116 valence electrons. The van der Waals surface area contributed by atoms with Crippen LogP contribution in [0.4, 0.5) is 5.69 Å². The minimum absolute atomic E-state index is 0.128. The van der Waals surface area contributed by atoms with Crippen LogP contribution in [-0.2, 0) is 4.79 Å². The molecule has 2 amide bonds. The number of ether oxygens (including phenoxy) is 1. The first kappa shape index (κ1) is 17.0. The van der Waals surface area contributed by atoms with E-state index in [0.717, 1.165) is 0 Å². The lowest BCUT2D eigenvalue weighted by Gasteiger charge is -2.16. The van der Waals surface area contributed by atoms with Crippen LogP contribution < -0.4 is 15.4 Å². The van der Waals surface area contributed by atoms with Gasteiger partial charge in [0.25, 0.3) is 5.91 Å². The van der Waals surface area contributed by atoms with E-state index >= 15 is 0 Å². The summed E-state index contributed by atoms with van der Waals surface area (Å²) in [5.74, 6) is 0.0803. The number of carbonyl (C=O) groups is 2. The maximum Gasteiger partial charge on any atom is 0.253 e. The van der Waals surface area contributed by atoms with Crippen molar-refractivity contribution in [2.75, 3.05) is 40.1 Å². The van der Waals surface area contributed by atoms with Gasteiger partial charge in [0, 0.05) is 32.1 Å². The number of benzene rings is 1. The van der Waals surface area contributed by atoms with Crippen LogP contribution in [0, 0.1) is 5.92 Å². The second-order valence-corrected chi connectivity index (χ2v) is 5.06. The molecule has 6 nitrogen and oxygen atoms in total. The zero-order valence-electron chi connectivity index (χ0n) is 13.2. The highest BCUT2D eigenvalue weighted by Gasteiger charge is 2.16. The molecule has 2 N–H and O–H groups in total. The largest absolute Gasteiger partial charge is 0.495 e. The number of carbonyl (C=O) groups excluding carboxylic acids is 2. The summed E-state index contributed by atoms with van der Waals surface area (Å²) in [6.45, 7) is 2.40. The zero-order chi connectivity index (χ0) is 16.0. The lowest BCUT2D eigenvalue weighted by atomic mass is 10.1. The summed E-state index contributed by atoms with van der Waals surface area (Å²) in [5, 5.41) is 5.76. The number of rotatable bonds is 6. The first-order chi connectivity index (χ1) is 9.90. The predicted octanol–water partition coefficient (Wildman–Crippen LogP) is 1.19. The first-order valence-corrected chi connectivity index (χ1v) is 6.75. The van der Waals surface area contributed by atoms with Crippen LogP contribution >= 0.6 is 0 Å². The smallest absolute Gasteiger partial charge is 0.253 e. The van der Waals surface area contributed by atoms with E-state index in [9.17, 15) is 9.59 Å². The number of methoxy groups -OCH3 is 1. The Labute approximate surface area is 125 Å². The van der Waals surface area contributed by atoms with Gasteiger partial charge in [-0.1, -0.05) is 6.92 Å². The topological polar surface area (TPSA) is 70.7 Å². The molecule has 1 aromatic rings. The Morgan fingerprint density at radius 1 is 1.33 bits per heavy atom. The molecule has 6 heteroatoms. The predicted molar refractivity (Wildman–Crippen MR) is 82.7 cm³/mol. The molecular weight excluding hydrogens is 270 g/mol. The van der Waals surface area contributed by atoms with Gasteiger partial charge in [-0.15, -0.1) is 0 Å². The van der Waals surface area contributed by atoms with Crippen molar-refractivity contribution in [3.63, 3.8) is 0 Å². The van der Waals surface area contributed by atoms with Gasteiger partial charge < -0.3 is 20.3 Å². The van der Waals surface area contributed by atoms with Gasteiger partial charge in [-0.25, -0.2) is 0 Å². The Morgan fingerprint density at radius 3 is 2.52 bits per heavy atom. The molecule has 21 heavy (non-hydrogen) atoms. The summed E-state index contributed by atoms with van der Waals surface area (Å²) < 4.78 is 5.23. The van der Waals surface area contributed by atoms with E-state index < -0.39 is 0 Å². The molecule has 0 aliphatic heterocycles. The number of amides is 2. The normalized spacial score (nSPS) is 11.7. The molecule has 0 radical (unpaired) electrons. The summed E-state index contributed by atoms with van der Waals surface area (Å²) in [7, 11) is 6.68. The summed E-state index contributed by atoms with van der Waals surface area (Å²) in [6, 6.07) is 4.98. The third kappa shape index (κ3) is 4.46. The Kier molecular flexibility index (Phi) is 6.17. The molecule has 1 atom stereocenters. The average molecular weight is 293 g/mol. The van der Waals surface area contributed by atoms with Gasteiger partial charge in [0.1, 0.15) is 5.75 Å². The van der Waals surface area contributed by atoms with Crippen LogP contribution in [0.25, 0.3) is 0 Å². The highest BCUT2D eigenvalue weighted by Crippen LogP contribution is 2.26. The lowest BCUT2D eigenvalue weighted by Crippen LogP contribution is -2.29. The fourth-order valence-electron chi connectivity index (χ4n) is 1.85. The van der Waals surface area contributed by atoms with Gasteiger partial charge >= 0.3 is 0 Å². The van der Waals surface area contributed by atoms with Crippen molar-refractivity contribution in [1.29, 1.82) is 0 Å². The number of anilines is 1. The van der Waals surface area contributed by atoms with Gasteiger partial charge in [0.15, 0.2) is 0 Å². The third-order valence-electron chi connectivity index (χ3n) is 3.07. The molecule has 0 saturated heterocycles. The van der Waals surface area contributed by atoms with Gasteiger partial charge in [-0.3, -0.25) is 9.59 Å². The minimum atomic E-state index is -0.187. The van der Waals surface area contributed by atoms with Crippen LogP contribution in [0.15, 0.2) is 18.2 Å². The van der Waals surface area contributed by atoms with Crippen molar-refractivity contribution in [2.24, 2.45) is 5.92 Å². The molecule has 0 fully saturated rings. The highest BCUT2D eigenvalue weighted by atomic mass is 16.5. The van der Waals surface area contributed by atoms with Gasteiger partial charge in [0.2, 0.25) is 5.91 Å². The first-order valence-electron chi connectivity index (χ1n) is 6.75. The van der Waals surface area contributed by atoms with E-state index in [2.05, 4.69) is 10.6 Å². The Hall–Kier alpha value is -2.08. The molecule has 0 spiro atoms. The van der Waals surface area contributed by atoms with Crippen molar-refractivity contribution in [3.8, 4) is 5.75 Å². The van der Waals surface area contributed by atoms with Crippen LogP contribution in [-0.4, -0.2) is 51.5 Å². The van der Waals surface area contributed by atoms with Crippen molar-refractivity contribution in [1.82, 2.24) is 10.2 Å². The fourth-order valence-corrected chi connectivity index (χ4v) is 1.85. The molecule has 0 aliphatic rings. The van der Waals surface area contributed by atoms with Crippen LogP contribution in [0.1, 0.15) is 17.3 Å². The summed E-state index contributed by atoms with van der Waals surface area (Å²) >= 11 is 0. The quantitative estimate of drug-likeness (QED) is 0.826. The standard InChI is InChI=1S/C15H23N3O3/c1-10(9-16-2)14(19)17-12-8-11(15(20)18(3)4)6-7-13(12)21-5/h6-8,10,16H,9H2,1-5H3,(H,17,19). The van der Waals surface area contributed by atoms with E-state index in [4.69, 9.17) is 4.74 Å². The van der Waals surface area contributed by atoms with Crippen molar-refractivity contribution in [2.45, 2.75) is 6.92 Å². The van der Waals surface area contributed by atoms with E-state index in [0.29, 0.717) is 23.5 Å². The molecule has 0 heterocycles. The van der Waals surface area contributed by atoms with Crippen LogP contribution in [0.2, 0.25) is 0 Å². The van der Waals surface area contributed by atoms with E-state index in [-0.39, 0.29) is 17.7 Å². The van der Waals surface area contributed by atoms with Gasteiger partial charge in [-0.2, -0.15) is 0 Å². The summed E-state index contributed by atoms with van der Waals surface area (Å²) in [5.41, 5.74) is 0.996. The van der Waals surface area contributed by atoms with Crippen LogP contribution in [0.3, 0.4) is 0 Å². The van der Waals surface area contributed by atoms with Gasteiger partial charge in [0.05, 0.1) is 12.8 Å². The fraction of sp³-hybridized carbons (Fsp3) is 0.467. The van der Waals surface area contributed by atoms with E-state index in [1.165, 1.54) is 12.0 Å². The van der Waals surface area contributed by atoms with Crippen molar-refractivity contribution >= 4 is 17.5 Å². The van der Waals surface area contributed by atoms with Crippen molar-refractivity contribution < 1.29 is 14.3 Å². The molecule has 1 unspecified atom stereocenters. The Morgan fingerprint density at radius 2 is 2.00 bits per heavy atom. The van der Waals surface area contributed by atoms with E-state index in [1.54, 1.807) is 39.3 Å². The second-order valence-electron chi connectivity index (χ2n) is 5.06. The number of nitrogens with zero attached hydrogens (tertiary/aromatic N) is 1. The van der Waals surface area contributed by atoms with E-state index in [1.807, 2.05) is 6.92 Å². The lowest BCUT2D eigenvalue weighted by molar-refractivity contribution is -0.119. The monoisotopic (exact) mass is 293 g/mol. The second kappa shape index (κ2) is 7.64. The molecule has 0 aliphatic carbocycles. The molecule has 0 saturated carbocycles. The minimum Gasteiger partial charge on any atom is -0.495 e. The molecular formula is C15H23N3O3. The molecule has 1 rings (SSSR count). The maximum atomic E-state index is 12.1. The number of nitrogens with one attached hydrogen (secondary N) is 2. The molecule has 0 aromatic heterocycles. The van der Waals surface area contributed by atoms with Crippen LogP contribution in [0.5, 0.6) is 5.75 Å². The Balaban J connectivity index is 3.01. The van der Waals surface area contributed by atoms with Crippen molar-refractivity contribution in [3.05, 3.63) is 23.8 Å². The average Bonchev–Trinajstić information content (AvgIpc) is 2.46. The number of hydrogen-bond donors (Lipinski definition) is 2. The van der Waals surface area contributed by atoms with Gasteiger partial charge in [-0.05, 0) is 25.2 Å². The SMILES string of the molecule is CNCC(C)C(=O)Nc1cc(C(=O)N(C)C)ccc1OC. The summed E-state index contributed by atoms with van der Waals surface area (Å²) in [4.78, 5) is 25.5. The number of hydrogen-bond acceptors (Lipinski definition) is 4. The third-order valence-corrected chi connectivity index (χ3v) is 3.07. The molecule has 0 bridgehead atoms. The zero-order valence-corrected chi connectivity index (χ0v) is 13.2.